The Balaban J connectivity index is 0.000000155. The molecule has 6 aromatic carbocycles. The average Bonchev–Trinajstić information content (AvgIpc) is 1.37. The summed E-state index contributed by atoms with van der Waals surface area (Å²) in [5, 5.41) is 23.4. The highest BCUT2D eigenvalue weighted by Crippen LogP contribution is 2.29. The van der Waals surface area contributed by atoms with E-state index in [1.165, 1.54) is 35.0 Å². The molecule has 29 heteroatoms. The molecule has 3 amide bonds. The van der Waals surface area contributed by atoms with Crippen molar-refractivity contribution < 1.29 is 27.6 Å². The molecule has 0 aliphatic carbocycles. The summed E-state index contributed by atoms with van der Waals surface area (Å²) in [6.07, 6.45) is 17.8. The summed E-state index contributed by atoms with van der Waals surface area (Å²) in [6.45, 7) is 14.1. The summed E-state index contributed by atoms with van der Waals surface area (Å²) < 4.78 is 42.6. The summed E-state index contributed by atoms with van der Waals surface area (Å²) in [5.41, 5.74) is 18.9. The Morgan fingerprint density at radius 3 is 1.07 bits per heavy atom. The van der Waals surface area contributed by atoms with Crippen molar-refractivity contribution in [3.8, 4) is 0 Å². The Morgan fingerprint density at radius 1 is 0.403 bits per heavy atom. The van der Waals surface area contributed by atoms with Gasteiger partial charge in [-0.3, -0.25) is 38.7 Å². The highest BCUT2D eigenvalue weighted by molar-refractivity contribution is 5.96. The van der Waals surface area contributed by atoms with E-state index in [9.17, 15) is 27.6 Å². The van der Waals surface area contributed by atoms with Crippen molar-refractivity contribution >= 4 is 93.0 Å². The number of benzene rings is 6. The number of anilines is 13. The molecule has 3 aliphatic heterocycles. The number of hydrogen-bond donors (Lipinski definition) is 7. The second-order valence-electron chi connectivity index (χ2n) is 30.3. The number of nitrogen functional groups attached to an aromatic ring is 1. The lowest BCUT2D eigenvalue weighted by Gasteiger charge is -2.37. The fourth-order valence-electron chi connectivity index (χ4n) is 14.6. The molecule has 614 valence electrons. The second-order valence-corrected chi connectivity index (χ2v) is 30.3. The summed E-state index contributed by atoms with van der Waals surface area (Å²) in [7, 11) is 8.36. The third-order valence-electron chi connectivity index (χ3n) is 21.8. The minimum absolute atomic E-state index is 0.0289. The molecule has 0 saturated carbocycles. The maximum absolute atomic E-state index is 13.6. The molecule has 3 aliphatic rings. The van der Waals surface area contributed by atoms with Gasteiger partial charge in [-0.2, -0.15) is 20.1 Å². The van der Waals surface area contributed by atoms with E-state index in [-0.39, 0.29) is 35.2 Å². The van der Waals surface area contributed by atoms with Crippen LogP contribution < -0.4 is 37.6 Å². The standard InChI is InChI=1S/C30H35FN8O.C30H33FN8O.C30H32FN7O/c1-20-17-25(9-10-27(20)31)34-28-11-14-32-30(36-28)35-24-7-5-22(6-8-24)29(40)39-15-12-26(13-16-39)37(3)19-23-18-33-38(4)21(23)2;1-20-18-24(9-10-26(20)31)35-27-11-15-34-30(37-27)36-23-7-5-21(6-8-23)29(40)39-16-12-25(13-17-39)38(2)19-22-4-3-14-33-28(22)32;1-21-19-25(7-8-27(21)31)34-28-11-16-33-30(36-28)35-24-5-3-23(4-6-24)29(39)38-17-12-26(13-18-38)37(2)20-22-9-14-32-15-10-22/h5-11,14,17-18,26H,12-13,15-16,19H2,1-4H3,(H2,32,34,35,36);3-11,14-15,18,25H,12-13,16-17,19H2,1-2H3,(H2,32,33)(H2,34,35,36,37);3-11,14-16,19,26H,12-13,17-18,20H2,1-2H3,(H2,33,34,35,36). The second kappa shape index (κ2) is 39.6. The molecule has 15 rings (SSSR count). The molecule has 3 fully saturated rings. The zero-order chi connectivity index (χ0) is 83.5. The monoisotopic (exact) mass is 1610 g/mol. The van der Waals surface area contributed by atoms with Crippen LogP contribution in [0.5, 0.6) is 0 Å². The molecule has 3 saturated heterocycles. The van der Waals surface area contributed by atoms with Gasteiger partial charge in [0.05, 0.1) is 6.20 Å². The highest BCUT2D eigenvalue weighted by Gasteiger charge is 2.30. The van der Waals surface area contributed by atoms with E-state index in [4.69, 9.17) is 5.73 Å². The van der Waals surface area contributed by atoms with Crippen LogP contribution in [0.3, 0.4) is 0 Å². The number of likely N-dealkylation sites (tertiary alicyclic amines) is 3. The number of hydrogen-bond acceptors (Lipinski definition) is 22. The topological polar surface area (TPSA) is 290 Å². The molecule has 26 nitrogen and oxygen atoms in total. The Kier molecular flexibility index (Phi) is 27.8. The van der Waals surface area contributed by atoms with E-state index in [1.54, 1.807) is 100 Å². The van der Waals surface area contributed by atoms with Crippen molar-refractivity contribution in [2.45, 2.75) is 104 Å². The molecule has 0 unspecified atom stereocenters. The minimum atomic E-state index is -0.252. The Hall–Kier alpha value is -13.3. The maximum Gasteiger partial charge on any atom is 0.253 e. The molecule has 6 aromatic heterocycles. The Labute approximate surface area is 691 Å². The first-order valence-electron chi connectivity index (χ1n) is 39.8. The van der Waals surface area contributed by atoms with E-state index in [1.807, 2.05) is 142 Å². The van der Waals surface area contributed by atoms with Gasteiger partial charge in [-0.05, 0) is 273 Å². The number of carbonyl (C=O) groups is 3. The molecule has 9 heterocycles. The summed E-state index contributed by atoms with van der Waals surface area (Å²) >= 11 is 0. The number of rotatable bonds is 24. The number of aromatic nitrogens is 10. The number of halogens is 3. The number of pyridine rings is 2. The fourth-order valence-corrected chi connectivity index (χ4v) is 14.6. The number of carbonyl (C=O) groups excluding carboxylic acids is 3. The van der Waals surface area contributed by atoms with Gasteiger partial charge in [-0.1, -0.05) is 6.07 Å². The average molecular weight is 1610 g/mol. The fraction of sp³-hybridized carbons (Fsp3) is 0.289. The summed E-state index contributed by atoms with van der Waals surface area (Å²) in [5.74, 6) is 2.92. The molecule has 0 radical (unpaired) electrons. The molecule has 8 N–H and O–H groups in total. The normalized spacial score (nSPS) is 13.9. The van der Waals surface area contributed by atoms with Gasteiger partial charge in [-0.25, -0.2) is 33.1 Å². The van der Waals surface area contributed by atoms with E-state index in [2.05, 4.69) is 120 Å². The van der Waals surface area contributed by atoms with Gasteiger partial charge in [0.15, 0.2) is 0 Å². The quantitative estimate of drug-likeness (QED) is 0.0296. The smallest absolute Gasteiger partial charge is 0.253 e. The molecule has 12 aromatic rings. The first-order chi connectivity index (χ1) is 57.6. The molecule has 0 bridgehead atoms. The SMILES string of the molecule is Cc1cc(Nc2ccnc(Nc3ccc(C(=O)N4CCC(N(C)Cc5cccnc5N)CC4)cc3)n2)ccc1F.Cc1cc(Nc2ccnc(Nc3ccc(C(=O)N4CCC(N(C)Cc5ccncc5)CC4)cc3)n2)ccc1F.Cc1cc(Nc2ccnc(Nc3ccc(C(=O)N4CCC(N(C)Cc5cnn(C)c5C)CC4)cc3)n2)ccc1F. The van der Waals surface area contributed by atoms with Crippen LogP contribution in [0.4, 0.5) is 88.4 Å². The van der Waals surface area contributed by atoms with Gasteiger partial charge in [0.25, 0.3) is 17.7 Å². The minimum Gasteiger partial charge on any atom is -0.383 e. The van der Waals surface area contributed by atoms with Crippen molar-refractivity contribution in [1.82, 2.24) is 79.1 Å². The number of aryl methyl sites for hydroxylation is 4. The number of nitrogens with one attached hydrogen (secondary N) is 6. The third-order valence-corrected chi connectivity index (χ3v) is 21.8. The van der Waals surface area contributed by atoms with Gasteiger partial charge < -0.3 is 52.3 Å². The van der Waals surface area contributed by atoms with Crippen LogP contribution in [-0.4, -0.2) is 175 Å². The van der Waals surface area contributed by atoms with Crippen molar-refractivity contribution in [2.75, 3.05) is 98.0 Å². The third kappa shape index (κ3) is 22.9. The Bertz CT molecular complexity index is 5410. The van der Waals surface area contributed by atoms with Crippen LogP contribution >= 0.6 is 0 Å². The van der Waals surface area contributed by atoms with Crippen LogP contribution in [0.15, 0.2) is 213 Å². The molecule has 119 heavy (non-hydrogen) atoms. The Morgan fingerprint density at radius 2 is 0.739 bits per heavy atom. The lowest BCUT2D eigenvalue weighted by Crippen LogP contribution is -2.45. The lowest BCUT2D eigenvalue weighted by atomic mass is 10.0. The van der Waals surface area contributed by atoms with Crippen LogP contribution in [0, 0.1) is 45.1 Å². The van der Waals surface area contributed by atoms with Crippen molar-refractivity contribution in [2.24, 2.45) is 7.05 Å². The van der Waals surface area contributed by atoms with Crippen LogP contribution in [0.25, 0.3) is 0 Å². The zero-order valence-electron chi connectivity index (χ0n) is 68.1. The van der Waals surface area contributed by atoms with Crippen LogP contribution in [0.1, 0.15) is 109 Å². The number of nitrogens with zero attached hydrogens (tertiary/aromatic N) is 16. The predicted octanol–water partition coefficient (Wildman–Crippen LogP) is 15.9. The summed E-state index contributed by atoms with van der Waals surface area (Å²) in [6, 6.07) is 51.0. The van der Waals surface area contributed by atoms with Gasteiger partial charge in [-0.15, -0.1) is 0 Å². The van der Waals surface area contributed by atoms with Gasteiger partial charge >= 0.3 is 0 Å². The van der Waals surface area contributed by atoms with Crippen LogP contribution in [0.2, 0.25) is 0 Å². The first-order valence-corrected chi connectivity index (χ1v) is 39.8. The zero-order valence-corrected chi connectivity index (χ0v) is 68.1. The van der Waals surface area contributed by atoms with E-state index in [0.717, 1.165) is 124 Å². The van der Waals surface area contributed by atoms with E-state index < -0.39 is 0 Å². The molecule has 0 spiro atoms. The number of amides is 3. The van der Waals surface area contributed by atoms with E-state index >= 15 is 0 Å². The van der Waals surface area contributed by atoms with Crippen molar-refractivity contribution in [3.63, 3.8) is 0 Å². The van der Waals surface area contributed by atoms with E-state index in [0.29, 0.717) is 106 Å². The number of nitrogens with two attached hydrogens (primary N) is 1. The maximum atomic E-state index is 13.6. The highest BCUT2D eigenvalue weighted by atomic mass is 19.1. The first kappa shape index (κ1) is 83.7. The van der Waals surface area contributed by atoms with Gasteiger partial charge in [0.1, 0.15) is 40.7 Å². The number of piperidine rings is 3. The summed E-state index contributed by atoms with van der Waals surface area (Å²) in [4.78, 5) is 86.9. The molecule has 0 atom stereocenters. The van der Waals surface area contributed by atoms with Crippen molar-refractivity contribution in [3.05, 3.63) is 286 Å². The molecular weight excluding hydrogens is 1510 g/mol. The molecular formula is C90H100F3N23O3. The van der Waals surface area contributed by atoms with Crippen molar-refractivity contribution in [1.29, 1.82) is 0 Å². The van der Waals surface area contributed by atoms with Crippen LogP contribution in [-0.2, 0) is 26.7 Å². The largest absolute Gasteiger partial charge is 0.383 e. The lowest BCUT2D eigenvalue weighted by molar-refractivity contribution is 0.0633. The predicted molar refractivity (Wildman–Crippen MR) is 461 cm³/mol. The van der Waals surface area contributed by atoms with Gasteiger partial charge in [0.2, 0.25) is 17.8 Å². The van der Waals surface area contributed by atoms with Gasteiger partial charge in [0, 0.05) is 189 Å².